The highest BCUT2D eigenvalue weighted by atomic mass is 19.1. The van der Waals surface area contributed by atoms with Gasteiger partial charge in [0.15, 0.2) is 0 Å². The number of amides is 1. The molecule has 0 radical (unpaired) electrons. The van der Waals surface area contributed by atoms with Gasteiger partial charge in [0, 0.05) is 13.0 Å². The number of nitrogens with zero attached hydrogens (tertiary/aromatic N) is 1. The van der Waals surface area contributed by atoms with Gasteiger partial charge in [0.1, 0.15) is 11.6 Å². The van der Waals surface area contributed by atoms with Gasteiger partial charge in [-0.05, 0) is 61.7 Å². The van der Waals surface area contributed by atoms with E-state index in [0.29, 0.717) is 18.5 Å². The van der Waals surface area contributed by atoms with Crippen LogP contribution in [0.1, 0.15) is 42.9 Å². The van der Waals surface area contributed by atoms with Crippen LogP contribution in [-0.2, 0) is 11.2 Å². The Hall–Kier alpha value is -2.40. The molecule has 1 aliphatic heterocycles. The molecule has 1 saturated heterocycles. The zero-order valence-corrected chi connectivity index (χ0v) is 16.5. The molecule has 0 aliphatic carbocycles. The lowest BCUT2D eigenvalue weighted by molar-refractivity contribution is -0.121. The van der Waals surface area contributed by atoms with Crippen LogP contribution in [0.25, 0.3) is 0 Å². The van der Waals surface area contributed by atoms with Gasteiger partial charge in [-0.15, -0.1) is 0 Å². The highest BCUT2D eigenvalue weighted by molar-refractivity contribution is 5.76. The van der Waals surface area contributed by atoms with Crippen molar-refractivity contribution in [2.24, 2.45) is 0 Å². The van der Waals surface area contributed by atoms with Crippen LogP contribution >= 0.6 is 0 Å². The molecule has 0 saturated carbocycles. The number of ether oxygens (including phenoxy) is 1. The van der Waals surface area contributed by atoms with Crippen molar-refractivity contribution in [3.8, 4) is 5.75 Å². The first-order valence-electron chi connectivity index (χ1n) is 10.1. The molecular weight excluding hydrogens is 355 g/mol. The highest BCUT2D eigenvalue weighted by Gasteiger charge is 2.23. The minimum Gasteiger partial charge on any atom is -0.497 e. The SMILES string of the molecule is COc1ccc([C@@H](CNC(=O)CCc2ccccc2F)N2CCCCC2)cc1. The summed E-state index contributed by atoms with van der Waals surface area (Å²) in [5, 5.41) is 3.06. The number of hydrogen-bond acceptors (Lipinski definition) is 3. The lowest BCUT2D eigenvalue weighted by Gasteiger charge is -2.35. The number of rotatable bonds is 8. The van der Waals surface area contributed by atoms with E-state index in [0.717, 1.165) is 18.8 Å². The Kier molecular flexibility index (Phi) is 7.43. The number of likely N-dealkylation sites (tertiary alicyclic amines) is 1. The largest absolute Gasteiger partial charge is 0.497 e. The Balaban J connectivity index is 1.60. The van der Waals surface area contributed by atoms with E-state index in [1.165, 1.54) is 30.9 Å². The topological polar surface area (TPSA) is 41.6 Å². The van der Waals surface area contributed by atoms with Crippen molar-refractivity contribution >= 4 is 5.91 Å². The minimum absolute atomic E-state index is 0.0428. The quantitative estimate of drug-likeness (QED) is 0.745. The molecule has 150 valence electrons. The van der Waals surface area contributed by atoms with Crippen LogP contribution < -0.4 is 10.1 Å². The van der Waals surface area contributed by atoms with E-state index in [1.54, 1.807) is 25.3 Å². The third kappa shape index (κ3) is 5.55. The number of carbonyl (C=O) groups is 1. The van der Waals surface area contributed by atoms with Gasteiger partial charge < -0.3 is 10.1 Å². The van der Waals surface area contributed by atoms with Crippen molar-refractivity contribution in [2.45, 2.75) is 38.1 Å². The number of piperidine rings is 1. The molecule has 1 atom stereocenters. The summed E-state index contributed by atoms with van der Waals surface area (Å²) in [7, 11) is 1.66. The van der Waals surface area contributed by atoms with E-state index >= 15 is 0 Å². The number of hydrogen-bond donors (Lipinski definition) is 1. The van der Waals surface area contributed by atoms with Crippen molar-refractivity contribution in [1.29, 1.82) is 0 Å². The monoisotopic (exact) mass is 384 g/mol. The van der Waals surface area contributed by atoms with Crippen molar-refractivity contribution in [1.82, 2.24) is 10.2 Å². The van der Waals surface area contributed by atoms with Crippen molar-refractivity contribution in [3.05, 3.63) is 65.5 Å². The summed E-state index contributed by atoms with van der Waals surface area (Å²) in [6, 6.07) is 14.8. The molecule has 3 rings (SSSR count). The molecule has 0 spiro atoms. The molecule has 0 unspecified atom stereocenters. The van der Waals surface area contributed by atoms with Crippen LogP contribution in [0, 0.1) is 5.82 Å². The second-order valence-corrected chi connectivity index (χ2v) is 7.28. The second-order valence-electron chi connectivity index (χ2n) is 7.28. The molecule has 28 heavy (non-hydrogen) atoms. The van der Waals surface area contributed by atoms with Crippen LogP contribution in [0.2, 0.25) is 0 Å². The van der Waals surface area contributed by atoms with Crippen LogP contribution in [0.15, 0.2) is 48.5 Å². The Labute approximate surface area is 166 Å². The summed E-state index contributed by atoms with van der Waals surface area (Å²) in [5.41, 5.74) is 1.76. The maximum atomic E-state index is 13.7. The number of halogens is 1. The smallest absolute Gasteiger partial charge is 0.220 e. The molecule has 0 bridgehead atoms. The van der Waals surface area contributed by atoms with Gasteiger partial charge in [-0.3, -0.25) is 9.69 Å². The van der Waals surface area contributed by atoms with E-state index in [9.17, 15) is 9.18 Å². The fraction of sp³-hybridized carbons (Fsp3) is 0.435. The Morgan fingerprint density at radius 3 is 2.50 bits per heavy atom. The Morgan fingerprint density at radius 2 is 1.82 bits per heavy atom. The van der Waals surface area contributed by atoms with Gasteiger partial charge in [-0.2, -0.15) is 0 Å². The maximum absolute atomic E-state index is 13.7. The van der Waals surface area contributed by atoms with E-state index in [4.69, 9.17) is 4.74 Å². The predicted octanol–water partition coefficient (Wildman–Crippen LogP) is 4.11. The third-order valence-corrected chi connectivity index (χ3v) is 5.40. The Morgan fingerprint density at radius 1 is 1.11 bits per heavy atom. The number of aryl methyl sites for hydroxylation is 1. The number of carbonyl (C=O) groups excluding carboxylic acids is 1. The van der Waals surface area contributed by atoms with Gasteiger partial charge in [0.2, 0.25) is 5.91 Å². The molecule has 1 N–H and O–H groups in total. The summed E-state index contributed by atoms with van der Waals surface area (Å²) < 4.78 is 19.0. The molecule has 5 heteroatoms. The van der Waals surface area contributed by atoms with Crippen LogP contribution in [0.3, 0.4) is 0 Å². The lowest BCUT2D eigenvalue weighted by atomic mass is 10.0. The van der Waals surface area contributed by atoms with E-state index in [-0.39, 0.29) is 24.2 Å². The molecule has 2 aromatic rings. The zero-order chi connectivity index (χ0) is 19.8. The summed E-state index contributed by atoms with van der Waals surface area (Å²) >= 11 is 0. The average molecular weight is 384 g/mol. The summed E-state index contributed by atoms with van der Waals surface area (Å²) in [5.74, 6) is 0.536. The molecule has 1 heterocycles. The normalized spacial score (nSPS) is 15.8. The maximum Gasteiger partial charge on any atom is 0.220 e. The summed E-state index contributed by atoms with van der Waals surface area (Å²) in [6.45, 7) is 2.64. The number of nitrogens with one attached hydrogen (secondary N) is 1. The summed E-state index contributed by atoms with van der Waals surface area (Å²) in [4.78, 5) is 14.8. The van der Waals surface area contributed by atoms with Crippen LogP contribution in [0.5, 0.6) is 5.75 Å². The molecular formula is C23H29FN2O2. The number of benzene rings is 2. The van der Waals surface area contributed by atoms with Gasteiger partial charge >= 0.3 is 0 Å². The summed E-state index contributed by atoms with van der Waals surface area (Å²) in [6.07, 6.45) is 4.34. The molecule has 1 fully saturated rings. The third-order valence-electron chi connectivity index (χ3n) is 5.40. The molecule has 0 aromatic heterocycles. The van der Waals surface area contributed by atoms with Gasteiger partial charge in [0.25, 0.3) is 0 Å². The first-order chi connectivity index (χ1) is 13.7. The molecule has 2 aromatic carbocycles. The van der Waals surface area contributed by atoms with Crippen molar-refractivity contribution in [3.63, 3.8) is 0 Å². The zero-order valence-electron chi connectivity index (χ0n) is 16.5. The molecule has 1 amide bonds. The average Bonchev–Trinajstić information content (AvgIpc) is 2.74. The lowest BCUT2D eigenvalue weighted by Crippen LogP contribution is -2.40. The van der Waals surface area contributed by atoms with Crippen LogP contribution in [-0.4, -0.2) is 37.6 Å². The van der Waals surface area contributed by atoms with Crippen molar-refractivity contribution < 1.29 is 13.9 Å². The molecule has 1 aliphatic rings. The highest BCUT2D eigenvalue weighted by Crippen LogP contribution is 2.26. The van der Waals surface area contributed by atoms with Gasteiger partial charge in [-0.1, -0.05) is 36.8 Å². The first-order valence-corrected chi connectivity index (χ1v) is 10.1. The van der Waals surface area contributed by atoms with Gasteiger partial charge in [-0.25, -0.2) is 4.39 Å². The molecule has 4 nitrogen and oxygen atoms in total. The number of methoxy groups -OCH3 is 1. The fourth-order valence-corrected chi connectivity index (χ4v) is 3.76. The Bertz CT molecular complexity index is 757. The van der Waals surface area contributed by atoms with E-state index in [1.807, 2.05) is 12.1 Å². The van der Waals surface area contributed by atoms with Crippen LogP contribution in [0.4, 0.5) is 4.39 Å². The minimum atomic E-state index is -0.250. The standard InChI is InChI=1S/C23H29FN2O2/c1-28-20-12-9-19(10-13-20)22(26-15-5-2-6-16-26)17-25-23(27)14-11-18-7-3-4-8-21(18)24/h3-4,7-10,12-13,22H,2,5-6,11,14-17H2,1H3,(H,25,27)/t22-/m1/s1. The fourth-order valence-electron chi connectivity index (χ4n) is 3.76. The van der Waals surface area contributed by atoms with Crippen molar-refractivity contribution in [2.75, 3.05) is 26.7 Å². The van der Waals surface area contributed by atoms with E-state index < -0.39 is 0 Å². The van der Waals surface area contributed by atoms with E-state index in [2.05, 4.69) is 22.3 Å². The van der Waals surface area contributed by atoms with Gasteiger partial charge in [0.05, 0.1) is 13.2 Å². The second kappa shape index (κ2) is 10.2. The predicted molar refractivity (Wildman–Crippen MR) is 109 cm³/mol. The first kappa shape index (κ1) is 20.3.